The van der Waals surface area contributed by atoms with Gasteiger partial charge < -0.3 is 10.2 Å². The average Bonchev–Trinajstić information content (AvgIpc) is 2.93. The van der Waals surface area contributed by atoms with Gasteiger partial charge in [-0.3, -0.25) is 9.59 Å². The summed E-state index contributed by atoms with van der Waals surface area (Å²) >= 11 is 17.8. The van der Waals surface area contributed by atoms with E-state index in [0.29, 0.717) is 27.3 Å². The number of rotatable bonds is 3. The van der Waals surface area contributed by atoms with Gasteiger partial charge in [0.05, 0.1) is 16.6 Å². The van der Waals surface area contributed by atoms with Crippen LogP contribution in [0.5, 0.6) is 0 Å². The molecule has 2 aromatic carbocycles. The summed E-state index contributed by atoms with van der Waals surface area (Å²) in [6.45, 7) is 0.317. The Morgan fingerprint density at radius 1 is 1.04 bits per heavy atom. The third kappa shape index (κ3) is 3.66. The number of carbonyl (C=O) groups is 2. The zero-order valence-electron chi connectivity index (χ0n) is 12.4. The Kier molecular flexibility index (Phi) is 4.99. The second kappa shape index (κ2) is 7.01. The van der Waals surface area contributed by atoms with E-state index in [2.05, 4.69) is 5.32 Å². The molecule has 3 rings (SSSR count). The molecule has 1 atom stereocenters. The fraction of sp³-hybridized carbons (Fsp3) is 0.176. The number of nitrogens with one attached hydrogen (secondary N) is 1. The van der Waals surface area contributed by atoms with Gasteiger partial charge in [0.1, 0.15) is 0 Å². The molecule has 7 heteroatoms. The van der Waals surface area contributed by atoms with Crippen molar-refractivity contribution in [2.24, 2.45) is 5.92 Å². The molecule has 1 aliphatic rings. The van der Waals surface area contributed by atoms with E-state index >= 15 is 0 Å². The predicted molar refractivity (Wildman–Crippen MR) is 97.0 cm³/mol. The van der Waals surface area contributed by atoms with Crippen LogP contribution in [-0.4, -0.2) is 18.4 Å². The van der Waals surface area contributed by atoms with Gasteiger partial charge in [-0.25, -0.2) is 0 Å². The molecule has 0 spiro atoms. The number of hydrogen-bond donors (Lipinski definition) is 1. The minimum absolute atomic E-state index is 0.0975. The number of anilines is 2. The third-order valence-corrected chi connectivity index (χ3v) is 4.62. The zero-order chi connectivity index (χ0) is 17.3. The highest BCUT2D eigenvalue weighted by atomic mass is 35.5. The van der Waals surface area contributed by atoms with Gasteiger partial charge in [-0.1, -0.05) is 34.8 Å². The lowest BCUT2D eigenvalue weighted by molar-refractivity contribution is -0.122. The largest absolute Gasteiger partial charge is 0.324 e. The molecular formula is C17H13Cl3N2O2. The van der Waals surface area contributed by atoms with Crippen molar-refractivity contribution in [2.75, 3.05) is 16.8 Å². The third-order valence-electron chi connectivity index (χ3n) is 3.82. The van der Waals surface area contributed by atoms with Crippen LogP contribution < -0.4 is 10.2 Å². The van der Waals surface area contributed by atoms with Gasteiger partial charge in [-0.2, -0.15) is 0 Å². The number of amides is 2. The van der Waals surface area contributed by atoms with Crippen molar-refractivity contribution in [3.63, 3.8) is 0 Å². The van der Waals surface area contributed by atoms with Gasteiger partial charge in [0.2, 0.25) is 11.8 Å². The second-order valence-corrected chi connectivity index (χ2v) is 6.78. The van der Waals surface area contributed by atoms with Crippen molar-refractivity contribution in [3.05, 3.63) is 57.5 Å². The molecule has 0 bridgehead atoms. The minimum atomic E-state index is -0.445. The van der Waals surface area contributed by atoms with E-state index in [0.717, 1.165) is 5.69 Å². The van der Waals surface area contributed by atoms with Crippen LogP contribution in [0.3, 0.4) is 0 Å². The van der Waals surface area contributed by atoms with Crippen molar-refractivity contribution in [3.8, 4) is 0 Å². The summed E-state index contributed by atoms with van der Waals surface area (Å²) in [5.41, 5.74) is 1.20. The lowest BCUT2D eigenvalue weighted by Gasteiger charge is -2.17. The molecular weight excluding hydrogens is 371 g/mol. The zero-order valence-corrected chi connectivity index (χ0v) is 14.7. The van der Waals surface area contributed by atoms with E-state index in [-0.39, 0.29) is 18.2 Å². The molecule has 0 aromatic heterocycles. The summed E-state index contributed by atoms with van der Waals surface area (Å²) in [6.07, 6.45) is 0.152. The second-order valence-electron chi connectivity index (χ2n) is 5.50. The molecule has 124 valence electrons. The SMILES string of the molecule is O=C(Nc1ccc(Cl)cc1Cl)C1CC(=O)N(c2ccc(Cl)cc2)C1. The molecule has 1 unspecified atom stereocenters. The van der Waals surface area contributed by atoms with Crippen LogP contribution >= 0.6 is 34.8 Å². The highest BCUT2D eigenvalue weighted by Crippen LogP contribution is 2.29. The van der Waals surface area contributed by atoms with Gasteiger partial charge in [0.15, 0.2) is 0 Å². The van der Waals surface area contributed by atoms with Crippen LogP contribution in [0.4, 0.5) is 11.4 Å². The molecule has 0 aliphatic carbocycles. The van der Waals surface area contributed by atoms with Crippen molar-refractivity contribution in [1.82, 2.24) is 0 Å². The van der Waals surface area contributed by atoms with E-state index in [1.54, 1.807) is 47.4 Å². The maximum Gasteiger partial charge on any atom is 0.229 e. The van der Waals surface area contributed by atoms with Crippen molar-refractivity contribution >= 4 is 58.0 Å². The maximum atomic E-state index is 12.4. The van der Waals surface area contributed by atoms with Crippen molar-refractivity contribution in [2.45, 2.75) is 6.42 Å². The van der Waals surface area contributed by atoms with Crippen LogP contribution in [0.25, 0.3) is 0 Å². The molecule has 4 nitrogen and oxygen atoms in total. The Morgan fingerprint density at radius 3 is 2.38 bits per heavy atom. The van der Waals surface area contributed by atoms with Crippen LogP contribution in [0, 0.1) is 5.92 Å². The average molecular weight is 384 g/mol. The monoisotopic (exact) mass is 382 g/mol. The van der Waals surface area contributed by atoms with E-state index in [4.69, 9.17) is 34.8 Å². The van der Waals surface area contributed by atoms with E-state index in [1.807, 2.05) is 0 Å². The molecule has 1 saturated heterocycles. The summed E-state index contributed by atoms with van der Waals surface area (Å²) in [5.74, 6) is -0.788. The summed E-state index contributed by atoms with van der Waals surface area (Å²) in [7, 11) is 0. The van der Waals surface area contributed by atoms with Crippen molar-refractivity contribution < 1.29 is 9.59 Å². The molecule has 0 saturated carbocycles. The Morgan fingerprint density at radius 2 is 1.71 bits per heavy atom. The molecule has 2 amide bonds. The first-order chi connectivity index (χ1) is 11.4. The van der Waals surface area contributed by atoms with Crippen LogP contribution in [0.1, 0.15) is 6.42 Å². The Balaban J connectivity index is 1.70. The summed E-state index contributed by atoms with van der Waals surface area (Å²) < 4.78 is 0. The summed E-state index contributed by atoms with van der Waals surface area (Å²) in [4.78, 5) is 26.2. The summed E-state index contributed by atoms with van der Waals surface area (Å²) in [6, 6.07) is 11.8. The first-order valence-electron chi connectivity index (χ1n) is 7.26. The lowest BCUT2D eigenvalue weighted by Crippen LogP contribution is -2.28. The highest BCUT2D eigenvalue weighted by Gasteiger charge is 2.35. The Bertz CT molecular complexity index is 793. The van der Waals surface area contributed by atoms with Crippen LogP contribution in [-0.2, 0) is 9.59 Å². The number of benzene rings is 2. The quantitative estimate of drug-likeness (QED) is 0.839. The normalized spacial score (nSPS) is 17.2. The molecule has 1 heterocycles. The maximum absolute atomic E-state index is 12.4. The van der Waals surface area contributed by atoms with Crippen molar-refractivity contribution in [1.29, 1.82) is 0 Å². The first-order valence-corrected chi connectivity index (χ1v) is 8.39. The molecule has 1 aliphatic heterocycles. The summed E-state index contributed by atoms with van der Waals surface area (Å²) in [5, 5.41) is 4.19. The lowest BCUT2D eigenvalue weighted by atomic mass is 10.1. The van der Waals surface area contributed by atoms with Crippen LogP contribution in [0.15, 0.2) is 42.5 Å². The molecule has 2 aromatic rings. The Hall–Kier alpha value is -1.75. The van der Waals surface area contributed by atoms with E-state index in [1.165, 1.54) is 0 Å². The van der Waals surface area contributed by atoms with E-state index < -0.39 is 5.92 Å². The predicted octanol–water partition coefficient (Wildman–Crippen LogP) is 4.64. The number of nitrogens with zero attached hydrogens (tertiary/aromatic N) is 1. The molecule has 1 fully saturated rings. The number of halogens is 3. The topological polar surface area (TPSA) is 49.4 Å². The molecule has 1 N–H and O–H groups in total. The van der Waals surface area contributed by atoms with Gasteiger partial charge >= 0.3 is 0 Å². The minimum Gasteiger partial charge on any atom is -0.324 e. The molecule has 24 heavy (non-hydrogen) atoms. The van der Waals surface area contributed by atoms with Gasteiger partial charge in [0.25, 0.3) is 0 Å². The van der Waals surface area contributed by atoms with Gasteiger partial charge in [-0.05, 0) is 42.5 Å². The standard InChI is InChI=1S/C17H13Cl3N2O2/c18-11-1-4-13(5-2-11)22-9-10(7-16(22)23)17(24)21-15-6-3-12(19)8-14(15)20/h1-6,8,10H,7,9H2,(H,21,24). The first kappa shape index (κ1) is 17.1. The highest BCUT2D eigenvalue weighted by molar-refractivity contribution is 6.36. The van der Waals surface area contributed by atoms with Gasteiger partial charge in [-0.15, -0.1) is 0 Å². The number of carbonyl (C=O) groups excluding carboxylic acids is 2. The smallest absolute Gasteiger partial charge is 0.229 e. The van der Waals surface area contributed by atoms with E-state index in [9.17, 15) is 9.59 Å². The fourth-order valence-corrected chi connectivity index (χ4v) is 3.16. The fourth-order valence-electron chi connectivity index (χ4n) is 2.58. The van der Waals surface area contributed by atoms with Gasteiger partial charge in [0, 0.05) is 28.7 Å². The molecule has 0 radical (unpaired) electrons. The van der Waals surface area contributed by atoms with Crippen LogP contribution in [0.2, 0.25) is 15.1 Å². The Labute approximate surface area is 154 Å². The number of hydrogen-bond acceptors (Lipinski definition) is 2.